The van der Waals surface area contributed by atoms with Crippen molar-refractivity contribution in [3.8, 4) is 0 Å². The lowest BCUT2D eigenvalue weighted by atomic mass is 9.96. The van der Waals surface area contributed by atoms with Gasteiger partial charge < -0.3 is 25.2 Å². The largest absolute Gasteiger partial charge is 0.465 e. The maximum absolute atomic E-state index is 12.4. The molecule has 1 fully saturated rings. The van der Waals surface area contributed by atoms with E-state index in [1.807, 2.05) is 30.3 Å². The number of aromatic nitrogens is 2. The Balaban J connectivity index is 1.45. The average Bonchev–Trinajstić information content (AvgIpc) is 3.47. The normalized spacial score (nSPS) is 16.5. The monoisotopic (exact) mass is 474 g/mol. The predicted molar refractivity (Wildman–Crippen MR) is 129 cm³/mol. The summed E-state index contributed by atoms with van der Waals surface area (Å²) in [6.07, 6.45) is 4.93. The maximum Gasteiger partial charge on any atom is 0.341 e. The van der Waals surface area contributed by atoms with Crippen molar-refractivity contribution in [2.75, 3.05) is 24.4 Å². The molecule has 0 amide bonds. The minimum Gasteiger partial charge on any atom is -0.465 e. The van der Waals surface area contributed by atoms with E-state index in [2.05, 4.69) is 15.6 Å². The van der Waals surface area contributed by atoms with Gasteiger partial charge in [0.15, 0.2) is 5.60 Å². The molecule has 1 spiro atoms. The lowest BCUT2D eigenvalue weighted by Gasteiger charge is -2.22. The minimum absolute atomic E-state index is 0.182. The van der Waals surface area contributed by atoms with Crippen LogP contribution in [0.25, 0.3) is 0 Å². The highest BCUT2D eigenvalue weighted by Crippen LogP contribution is 2.47. The number of carbonyl (C=O) groups is 2. The fraction of sp³-hybridized carbons (Fsp3) is 0.308. The van der Waals surface area contributed by atoms with Crippen molar-refractivity contribution in [3.05, 3.63) is 77.1 Å². The molecule has 1 aliphatic carbocycles. The van der Waals surface area contributed by atoms with Crippen LogP contribution in [0.4, 0.5) is 17.3 Å². The van der Waals surface area contributed by atoms with Crippen molar-refractivity contribution in [3.63, 3.8) is 0 Å². The van der Waals surface area contributed by atoms with Gasteiger partial charge in [0.2, 0.25) is 0 Å². The Morgan fingerprint density at radius 3 is 2.66 bits per heavy atom. The third kappa shape index (κ3) is 4.30. The first-order valence-electron chi connectivity index (χ1n) is 11.6. The number of benzene rings is 1. The number of esters is 2. The molecule has 9 nitrogen and oxygen atoms in total. The number of nitrogens with one attached hydrogen (secondary N) is 2. The second-order valence-corrected chi connectivity index (χ2v) is 8.71. The minimum atomic E-state index is -0.636. The molecule has 0 radical (unpaired) electrons. The maximum atomic E-state index is 12.4. The number of nitrogens with zero attached hydrogens (tertiary/aromatic N) is 2. The number of carbonyl (C=O) groups excluding carboxylic acids is 2. The van der Waals surface area contributed by atoms with E-state index in [1.54, 1.807) is 18.2 Å². The summed E-state index contributed by atoms with van der Waals surface area (Å²) < 4.78 is 10.6. The van der Waals surface area contributed by atoms with E-state index in [1.165, 1.54) is 13.3 Å². The molecule has 5 rings (SSSR count). The summed E-state index contributed by atoms with van der Waals surface area (Å²) in [6.45, 7) is -0.182. The smallest absolute Gasteiger partial charge is 0.341 e. The van der Waals surface area contributed by atoms with E-state index in [0.29, 0.717) is 28.6 Å². The van der Waals surface area contributed by atoms with Crippen molar-refractivity contribution in [1.29, 1.82) is 0 Å². The summed E-state index contributed by atoms with van der Waals surface area (Å²) in [4.78, 5) is 33.8. The molecular weight excluding hydrogens is 448 g/mol. The summed E-state index contributed by atoms with van der Waals surface area (Å²) in [5.74, 6) is 0.0668. The van der Waals surface area contributed by atoms with Gasteiger partial charge in [-0.25, -0.2) is 19.6 Å². The lowest BCUT2D eigenvalue weighted by Crippen LogP contribution is -2.23. The van der Waals surface area contributed by atoms with E-state index in [4.69, 9.17) is 14.5 Å². The number of anilines is 3. The molecular formula is C26H26N4O5. The highest BCUT2D eigenvalue weighted by Gasteiger charge is 2.48. The van der Waals surface area contributed by atoms with Gasteiger partial charge in [-0.15, -0.1) is 0 Å². The highest BCUT2D eigenvalue weighted by atomic mass is 16.6. The van der Waals surface area contributed by atoms with Crippen LogP contribution in [0, 0.1) is 0 Å². The Kier molecular flexibility index (Phi) is 6.08. The molecule has 2 aromatic heterocycles. The molecule has 0 bridgehead atoms. The fourth-order valence-electron chi connectivity index (χ4n) is 4.76. The zero-order valence-electron chi connectivity index (χ0n) is 19.3. The van der Waals surface area contributed by atoms with Crippen LogP contribution in [0.5, 0.6) is 0 Å². The second-order valence-electron chi connectivity index (χ2n) is 8.71. The molecule has 1 aliphatic heterocycles. The Morgan fingerprint density at radius 2 is 1.94 bits per heavy atom. The zero-order valence-corrected chi connectivity index (χ0v) is 19.3. The Morgan fingerprint density at radius 1 is 1.17 bits per heavy atom. The van der Waals surface area contributed by atoms with Crippen LogP contribution < -0.4 is 10.6 Å². The van der Waals surface area contributed by atoms with Crippen LogP contribution in [0.3, 0.4) is 0 Å². The van der Waals surface area contributed by atoms with E-state index in [0.717, 1.165) is 31.2 Å². The van der Waals surface area contributed by atoms with Gasteiger partial charge in [-0.2, -0.15) is 0 Å². The first-order valence-corrected chi connectivity index (χ1v) is 11.6. The number of hydrogen-bond donors (Lipinski definition) is 3. The third-order valence-electron chi connectivity index (χ3n) is 6.53. The van der Waals surface area contributed by atoms with Gasteiger partial charge in [-0.3, -0.25) is 0 Å². The second kappa shape index (κ2) is 9.34. The first-order chi connectivity index (χ1) is 17.0. The van der Waals surface area contributed by atoms with Crippen LogP contribution in [-0.2, 0) is 15.1 Å². The average molecular weight is 475 g/mol. The molecule has 1 atom stereocenters. The molecule has 180 valence electrons. The molecule has 3 N–H and O–H groups in total. The first kappa shape index (κ1) is 22.8. The van der Waals surface area contributed by atoms with E-state index < -0.39 is 17.6 Å². The van der Waals surface area contributed by atoms with Gasteiger partial charge in [-0.05, 0) is 43.4 Å². The van der Waals surface area contributed by atoms with E-state index in [9.17, 15) is 14.7 Å². The SMILES string of the molecule is COC(=O)c1cnc(Nc2ccc3c(n2)C2(CCCC2)OC3=O)cc1N[C@H](CO)c1ccccc1. The van der Waals surface area contributed by atoms with E-state index >= 15 is 0 Å². The number of hydrogen-bond acceptors (Lipinski definition) is 9. The van der Waals surface area contributed by atoms with Crippen molar-refractivity contribution in [2.45, 2.75) is 37.3 Å². The Bertz CT molecular complexity index is 1260. The molecule has 1 aromatic carbocycles. The van der Waals surface area contributed by atoms with Crippen molar-refractivity contribution in [1.82, 2.24) is 9.97 Å². The molecule has 2 aliphatic rings. The summed E-state index contributed by atoms with van der Waals surface area (Å²) in [5.41, 5.74) is 2.08. The fourth-order valence-corrected chi connectivity index (χ4v) is 4.76. The number of rotatable bonds is 7. The van der Waals surface area contributed by atoms with Gasteiger partial charge >= 0.3 is 11.9 Å². The van der Waals surface area contributed by atoms with E-state index in [-0.39, 0.29) is 18.1 Å². The van der Waals surface area contributed by atoms with Gasteiger partial charge in [0.05, 0.1) is 31.0 Å². The van der Waals surface area contributed by atoms with Crippen LogP contribution in [0.2, 0.25) is 0 Å². The Hall–Kier alpha value is -3.98. The molecule has 3 heterocycles. The van der Waals surface area contributed by atoms with Gasteiger partial charge in [-0.1, -0.05) is 30.3 Å². The topological polar surface area (TPSA) is 123 Å². The quantitative estimate of drug-likeness (QED) is 0.435. The number of aliphatic hydroxyl groups is 1. The number of pyridine rings is 2. The lowest BCUT2D eigenvalue weighted by molar-refractivity contribution is -0.00634. The summed E-state index contributed by atoms with van der Waals surface area (Å²) >= 11 is 0. The van der Waals surface area contributed by atoms with Crippen LogP contribution >= 0.6 is 0 Å². The predicted octanol–water partition coefficient (Wildman–Crippen LogP) is 4.09. The summed E-state index contributed by atoms with van der Waals surface area (Å²) in [7, 11) is 1.30. The number of ether oxygens (including phenoxy) is 2. The molecule has 3 aromatic rings. The third-order valence-corrected chi connectivity index (χ3v) is 6.53. The van der Waals surface area contributed by atoms with Gasteiger partial charge in [0.1, 0.15) is 22.9 Å². The van der Waals surface area contributed by atoms with Crippen LogP contribution in [-0.4, -0.2) is 40.7 Å². The number of fused-ring (bicyclic) bond motifs is 2. The van der Waals surface area contributed by atoms with Crippen molar-refractivity contribution in [2.24, 2.45) is 0 Å². The summed E-state index contributed by atoms with van der Waals surface area (Å²) in [5, 5.41) is 16.4. The Labute approximate surface area is 202 Å². The van der Waals surface area contributed by atoms with Crippen molar-refractivity contribution < 1.29 is 24.2 Å². The molecule has 0 saturated heterocycles. The number of aliphatic hydroxyl groups excluding tert-OH is 1. The van der Waals surface area contributed by atoms with Gasteiger partial charge in [0, 0.05) is 12.3 Å². The molecule has 1 saturated carbocycles. The number of methoxy groups -OCH3 is 1. The summed E-state index contributed by atoms with van der Waals surface area (Å²) in [6, 6.07) is 14.1. The molecule has 35 heavy (non-hydrogen) atoms. The zero-order chi connectivity index (χ0) is 24.4. The van der Waals surface area contributed by atoms with Crippen molar-refractivity contribution >= 4 is 29.3 Å². The van der Waals surface area contributed by atoms with Crippen LogP contribution in [0.15, 0.2) is 54.7 Å². The van der Waals surface area contributed by atoms with Crippen LogP contribution in [0.1, 0.15) is 63.7 Å². The standard InChI is InChI=1S/C26H26N4O5/c1-34-24(32)18-14-27-22(13-19(18)28-20(15-31)16-7-3-2-4-8-16)29-21-10-9-17-23(30-21)26(35-25(17)33)11-5-6-12-26/h2-4,7-10,13-14,20,31H,5-6,11-12,15H2,1H3,(H2,27,28,29,30)/t20-/m1/s1. The molecule has 9 heteroatoms. The molecule has 0 unspecified atom stereocenters. The highest BCUT2D eigenvalue weighted by molar-refractivity contribution is 5.96. The van der Waals surface area contributed by atoms with Gasteiger partial charge in [0.25, 0.3) is 0 Å².